The van der Waals surface area contributed by atoms with Gasteiger partial charge in [0.15, 0.2) is 12.1 Å². The lowest BCUT2D eigenvalue weighted by molar-refractivity contribution is -0.205. The normalized spacial score (nSPS) is 45.5. The van der Waals surface area contributed by atoms with Crippen molar-refractivity contribution >= 4 is 0 Å². The highest BCUT2D eigenvalue weighted by Crippen LogP contribution is 2.51. The van der Waals surface area contributed by atoms with Crippen molar-refractivity contribution in [3.05, 3.63) is 24.5 Å². The highest BCUT2D eigenvalue weighted by molar-refractivity contribution is 5.10. The van der Waals surface area contributed by atoms with Crippen molar-refractivity contribution in [2.75, 3.05) is 6.61 Å². The molecule has 0 aromatic carbocycles. The van der Waals surface area contributed by atoms with Gasteiger partial charge in [0.05, 0.1) is 6.61 Å². The van der Waals surface area contributed by atoms with E-state index in [1.54, 1.807) is 0 Å². The van der Waals surface area contributed by atoms with Gasteiger partial charge in [0.25, 0.3) is 0 Å². The second-order valence-electron chi connectivity index (χ2n) is 6.36. The average Bonchev–Trinajstić information content (AvgIpc) is 3.09. The van der Waals surface area contributed by atoms with Crippen LogP contribution in [0, 0.1) is 0 Å². The van der Waals surface area contributed by atoms with Gasteiger partial charge in [-0.1, -0.05) is 6.92 Å². The molecule has 0 radical (unpaired) electrons. The molecule has 4 heterocycles. The van der Waals surface area contributed by atoms with Crippen molar-refractivity contribution in [1.29, 1.82) is 0 Å². The van der Waals surface area contributed by atoms with Crippen LogP contribution in [0.1, 0.15) is 33.2 Å². The summed E-state index contributed by atoms with van der Waals surface area (Å²) in [5.74, 6) is -0.573. The first kappa shape index (κ1) is 12.8. The van der Waals surface area contributed by atoms with Gasteiger partial charge in [-0.15, -0.1) is 0 Å². The van der Waals surface area contributed by atoms with Gasteiger partial charge in [0.2, 0.25) is 0 Å². The molecule has 0 aliphatic carbocycles. The number of fused-ring (bicyclic) bond motifs is 4. The van der Waals surface area contributed by atoms with E-state index < -0.39 is 5.79 Å². The van der Waals surface area contributed by atoms with E-state index in [9.17, 15) is 0 Å². The van der Waals surface area contributed by atoms with Gasteiger partial charge in [-0.05, 0) is 32.4 Å². The number of hydrogen-bond donors (Lipinski definition) is 0. The highest BCUT2D eigenvalue weighted by Gasteiger charge is 2.65. The molecule has 110 valence electrons. The van der Waals surface area contributed by atoms with Gasteiger partial charge in [-0.25, -0.2) is 0 Å². The zero-order chi connectivity index (χ0) is 14.0. The maximum Gasteiger partial charge on any atom is 0.181 e. The predicted molar refractivity (Wildman–Crippen MR) is 71.1 cm³/mol. The Kier molecular flexibility index (Phi) is 2.61. The Morgan fingerprint density at radius 2 is 1.90 bits per heavy atom. The summed E-state index contributed by atoms with van der Waals surface area (Å²) in [5.41, 5.74) is -0.368. The molecule has 20 heavy (non-hydrogen) atoms. The van der Waals surface area contributed by atoms with Crippen molar-refractivity contribution in [3.8, 4) is 0 Å². The van der Waals surface area contributed by atoms with Crippen molar-refractivity contribution in [1.82, 2.24) is 4.57 Å². The Hall–Kier alpha value is -0.880. The minimum atomic E-state index is -0.573. The molecule has 1 aromatic heterocycles. The Labute approximate surface area is 118 Å². The Bertz CT molecular complexity index is 500. The molecule has 2 bridgehead atoms. The lowest BCUT2D eigenvalue weighted by Gasteiger charge is -2.42. The molecule has 2 unspecified atom stereocenters. The van der Waals surface area contributed by atoms with E-state index in [4.69, 9.17) is 18.9 Å². The van der Waals surface area contributed by atoms with E-state index in [-0.39, 0.29) is 30.1 Å². The second kappa shape index (κ2) is 4.07. The summed E-state index contributed by atoms with van der Waals surface area (Å²) in [6.45, 7) is 6.63. The second-order valence-corrected chi connectivity index (χ2v) is 6.36. The molecule has 5 nitrogen and oxygen atoms in total. The summed E-state index contributed by atoms with van der Waals surface area (Å²) in [6, 6.07) is 4.01. The molecule has 3 fully saturated rings. The van der Waals surface area contributed by atoms with Gasteiger partial charge in [0, 0.05) is 12.4 Å². The van der Waals surface area contributed by atoms with E-state index in [0.29, 0.717) is 6.61 Å². The molecule has 0 spiro atoms. The van der Waals surface area contributed by atoms with Crippen LogP contribution in [0.15, 0.2) is 24.5 Å². The third-order valence-corrected chi connectivity index (χ3v) is 4.68. The lowest BCUT2D eigenvalue weighted by atomic mass is 9.86. The van der Waals surface area contributed by atoms with Gasteiger partial charge in [0.1, 0.15) is 23.9 Å². The van der Waals surface area contributed by atoms with E-state index in [0.717, 1.165) is 6.42 Å². The summed E-state index contributed by atoms with van der Waals surface area (Å²) in [5, 5.41) is 0. The zero-order valence-electron chi connectivity index (χ0n) is 12.1. The molecule has 3 aliphatic heterocycles. The number of ether oxygens (including phenoxy) is 4. The number of aromatic nitrogens is 1. The minimum Gasteiger partial charge on any atom is -0.347 e. The molecule has 3 aliphatic rings. The molecule has 0 saturated carbocycles. The quantitative estimate of drug-likeness (QED) is 0.831. The number of hydrogen-bond acceptors (Lipinski definition) is 4. The molecule has 3 saturated heterocycles. The first-order valence-corrected chi connectivity index (χ1v) is 7.32. The van der Waals surface area contributed by atoms with Crippen molar-refractivity contribution in [3.63, 3.8) is 0 Å². The molecule has 0 amide bonds. The molecule has 4 rings (SSSR count). The monoisotopic (exact) mass is 279 g/mol. The summed E-state index contributed by atoms with van der Waals surface area (Å²) in [4.78, 5) is 0. The summed E-state index contributed by atoms with van der Waals surface area (Å²) < 4.78 is 26.6. The Morgan fingerprint density at radius 1 is 1.15 bits per heavy atom. The van der Waals surface area contributed by atoms with Crippen LogP contribution in [-0.2, 0) is 18.9 Å². The van der Waals surface area contributed by atoms with E-state index in [1.165, 1.54) is 0 Å². The van der Waals surface area contributed by atoms with Crippen LogP contribution in [0.2, 0.25) is 0 Å². The fourth-order valence-electron chi connectivity index (χ4n) is 3.68. The maximum absolute atomic E-state index is 6.23. The van der Waals surface area contributed by atoms with E-state index in [1.807, 2.05) is 38.4 Å². The topological polar surface area (TPSA) is 41.9 Å². The molecule has 5 heteroatoms. The van der Waals surface area contributed by atoms with Crippen LogP contribution in [0.25, 0.3) is 0 Å². The Balaban J connectivity index is 1.76. The lowest BCUT2D eigenvalue weighted by Crippen LogP contribution is -2.57. The van der Waals surface area contributed by atoms with Crippen LogP contribution >= 0.6 is 0 Å². The van der Waals surface area contributed by atoms with Crippen LogP contribution in [-0.4, -0.2) is 41.1 Å². The van der Waals surface area contributed by atoms with Gasteiger partial charge in [-0.2, -0.15) is 0 Å². The SMILES string of the molecule is CC[C@@]12COC(O1)[C@H](n1cccc1)C1OC(C)(C)O[C@H]12. The predicted octanol–water partition coefficient (Wildman–Crippen LogP) is 2.08. The fourth-order valence-corrected chi connectivity index (χ4v) is 3.68. The molecule has 0 N–H and O–H groups in total. The number of nitrogens with zero attached hydrogens (tertiary/aromatic N) is 1. The van der Waals surface area contributed by atoms with E-state index in [2.05, 4.69) is 11.5 Å². The Morgan fingerprint density at radius 3 is 2.60 bits per heavy atom. The zero-order valence-corrected chi connectivity index (χ0v) is 12.1. The van der Waals surface area contributed by atoms with Gasteiger partial charge < -0.3 is 23.5 Å². The molecular formula is C15H21NO4. The summed E-state index contributed by atoms with van der Waals surface area (Å²) in [6.07, 6.45) is 4.52. The third-order valence-electron chi connectivity index (χ3n) is 4.68. The van der Waals surface area contributed by atoms with Crippen LogP contribution in [0.3, 0.4) is 0 Å². The molecule has 1 aromatic rings. The smallest absolute Gasteiger partial charge is 0.181 e. The highest BCUT2D eigenvalue weighted by atomic mass is 16.8. The summed E-state index contributed by atoms with van der Waals surface area (Å²) >= 11 is 0. The van der Waals surface area contributed by atoms with Crippen LogP contribution in [0.4, 0.5) is 0 Å². The maximum atomic E-state index is 6.23. The van der Waals surface area contributed by atoms with Crippen molar-refractivity contribution in [2.45, 2.75) is 63.1 Å². The third kappa shape index (κ3) is 1.64. The van der Waals surface area contributed by atoms with Crippen molar-refractivity contribution in [2.24, 2.45) is 0 Å². The standard InChI is InChI=1S/C15H21NO4/c1-4-15-9-17-13(20-15)10(16-7-5-6-8-16)11-12(15)19-14(2,3)18-11/h5-8,10-13H,4,9H2,1-3H3/t10-,11?,12-,13?,15+/m1/s1. The first-order chi connectivity index (χ1) is 9.55. The number of rotatable bonds is 2. The molecular weight excluding hydrogens is 258 g/mol. The van der Waals surface area contributed by atoms with Crippen LogP contribution < -0.4 is 0 Å². The van der Waals surface area contributed by atoms with E-state index >= 15 is 0 Å². The van der Waals surface area contributed by atoms with Gasteiger partial charge >= 0.3 is 0 Å². The van der Waals surface area contributed by atoms with Crippen molar-refractivity contribution < 1.29 is 18.9 Å². The summed E-state index contributed by atoms with van der Waals surface area (Å²) in [7, 11) is 0. The first-order valence-electron chi connectivity index (χ1n) is 7.32. The minimum absolute atomic E-state index is 0.000972. The van der Waals surface area contributed by atoms with Crippen LogP contribution in [0.5, 0.6) is 0 Å². The largest absolute Gasteiger partial charge is 0.347 e. The fraction of sp³-hybridized carbons (Fsp3) is 0.733. The molecule has 5 atom stereocenters. The average molecular weight is 279 g/mol. The van der Waals surface area contributed by atoms with Gasteiger partial charge in [-0.3, -0.25) is 0 Å².